The fraction of sp³-hybridized carbons (Fsp3) is 0.667. The molecule has 1 aliphatic carbocycles. The molecule has 1 rings (SSSR count). The van der Waals surface area contributed by atoms with Crippen LogP contribution in [0.1, 0.15) is 40.0 Å². The number of aliphatic hydroxyl groups is 1. The van der Waals surface area contributed by atoms with Gasteiger partial charge in [0.05, 0.1) is 5.60 Å². The Kier molecular flexibility index (Phi) is 2.97. The molecule has 1 N–H and O–H groups in total. The second-order valence-electron chi connectivity index (χ2n) is 4.50. The molecule has 0 amide bonds. The number of rotatable bonds is 3. The van der Waals surface area contributed by atoms with E-state index >= 15 is 0 Å². The van der Waals surface area contributed by atoms with Crippen molar-refractivity contribution >= 4 is 0 Å². The molecular weight excluding hydrogens is 160 g/mol. The van der Waals surface area contributed by atoms with Gasteiger partial charge in [0, 0.05) is 5.41 Å². The summed E-state index contributed by atoms with van der Waals surface area (Å²) in [7, 11) is 0. The Balaban J connectivity index is 2.60. The zero-order valence-corrected chi connectivity index (χ0v) is 8.88. The summed E-state index contributed by atoms with van der Waals surface area (Å²) in [6.07, 6.45) is 11.7. The predicted octanol–water partition coefficient (Wildman–Crippen LogP) is 3.06. The number of hydrogen-bond donors (Lipinski definition) is 1. The van der Waals surface area contributed by atoms with Crippen LogP contribution >= 0.6 is 0 Å². The van der Waals surface area contributed by atoms with Gasteiger partial charge in [0.2, 0.25) is 0 Å². The molecule has 0 heterocycles. The summed E-state index contributed by atoms with van der Waals surface area (Å²) >= 11 is 0. The summed E-state index contributed by atoms with van der Waals surface area (Å²) in [5, 5.41) is 9.66. The van der Waals surface area contributed by atoms with E-state index in [-0.39, 0.29) is 5.41 Å². The van der Waals surface area contributed by atoms with E-state index < -0.39 is 5.60 Å². The molecule has 0 spiro atoms. The van der Waals surface area contributed by atoms with Crippen LogP contribution in [0.3, 0.4) is 0 Å². The van der Waals surface area contributed by atoms with Crippen LogP contribution in [-0.2, 0) is 0 Å². The van der Waals surface area contributed by atoms with E-state index in [1.54, 1.807) is 6.92 Å². The predicted molar refractivity (Wildman–Crippen MR) is 56.5 cm³/mol. The van der Waals surface area contributed by atoms with Crippen LogP contribution < -0.4 is 0 Å². The number of unbranched alkanes of at least 4 members (excludes halogenated alkanes) is 1. The monoisotopic (exact) mass is 180 g/mol. The number of allylic oxidation sites excluding steroid dienone is 2. The van der Waals surface area contributed by atoms with Gasteiger partial charge in [-0.2, -0.15) is 0 Å². The molecule has 0 atom stereocenters. The van der Waals surface area contributed by atoms with Crippen molar-refractivity contribution in [2.75, 3.05) is 0 Å². The van der Waals surface area contributed by atoms with Gasteiger partial charge in [-0.1, -0.05) is 51.0 Å². The van der Waals surface area contributed by atoms with Gasteiger partial charge >= 0.3 is 0 Å². The van der Waals surface area contributed by atoms with Gasteiger partial charge in [-0.3, -0.25) is 0 Å². The summed E-state index contributed by atoms with van der Waals surface area (Å²) in [6, 6.07) is 0. The SMILES string of the molecule is CCCCC1(C)C=CC(C)(O)C=C1. The minimum Gasteiger partial charge on any atom is -0.382 e. The van der Waals surface area contributed by atoms with Crippen molar-refractivity contribution in [3.8, 4) is 0 Å². The first-order valence-corrected chi connectivity index (χ1v) is 5.11. The van der Waals surface area contributed by atoms with E-state index in [0.717, 1.165) is 0 Å². The zero-order valence-electron chi connectivity index (χ0n) is 8.88. The van der Waals surface area contributed by atoms with Crippen molar-refractivity contribution in [1.82, 2.24) is 0 Å². The molecule has 0 bridgehead atoms. The van der Waals surface area contributed by atoms with Crippen LogP contribution in [0.5, 0.6) is 0 Å². The van der Waals surface area contributed by atoms with Crippen molar-refractivity contribution in [1.29, 1.82) is 0 Å². The normalized spacial score (nSPS) is 38.2. The standard InChI is InChI=1S/C12H20O/c1-4-5-6-11(2)7-9-12(3,13)10-8-11/h7-10,13H,4-6H2,1-3H3. The van der Waals surface area contributed by atoms with Crippen molar-refractivity contribution in [2.45, 2.75) is 45.6 Å². The molecule has 0 aromatic carbocycles. The van der Waals surface area contributed by atoms with Crippen molar-refractivity contribution < 1.29 is 5.11 Å². The Morgan fingerprint density at radius 3 is 2.08 bits per heavy atom. The highest BCUT2D eigenvalue weighted by Crippen LogP contribution is 2.33. The Bertz CT molecular complexity index is 207. The summed E-state index contributed by atoms with van der Waals surface area (Å²) < 4.78 is 0. The summed E-state index contributed by atoms with van der Waals surface area (Å²) in [5.74, 6) is 0. The maximum Gasteiger partial charge on any atom is 0.0981 e. The summed E-state index contributed by atoms with van der Waals surface area (Å²) in [5.41, 5.74) is -0.566. The molecule has 0 unspecified atom stereocenters. The van der Waals surface area contributed by atoms with E-state index in [9.17, 15) is 5.11 Å². The molecule has 13 heavy (non-hydrogen) atoms. The first-order valence-electron chi connectivity index (χ1n) is 5.11. The molecule has 74 valence electrons. The zero-order chi connectivity index (χ0) is 9.95. The lowest BCUT2D eigenvalue weighted by molar-refractivity contribution is 0.158. The Labute approximate surface area is 81.2 Å². The second kappa shape index (κ2) is 3.67. The molecule has 0 radical (unpaired) electrons. The molecule has 1 aliphatic rings. The van der Waals surface area contributed by atoms with E-state index in [4.69, 9.17) is 0 Å². The second-order valence-corrected chi connectivity index (χ2v) is 4.50. The minimum absolute atomic E-state index is 0.165. The average Bonchev–Trinajstić information content (AvgIpc) is 2.08. The highest BCUT2D eigenvalue weighted by atomic mass is 16.3. The molecule has 0 saturated carbocycles. The molecule has 0 aliphatic heterocycles. The Hall–Kier alpha value is -0.560. The van der Waals surface area contributed by atoms with Gasteiger partial charge in [-0.05, 0) is 13.3 Å². The van der Waals surface area contributed by atoms with Gasteiger partial charge in [0.15, 0.2) is 0 Å². The van der Waals surface area contributed by atoms with Gasteiger partial charge in [-0.25, -0.2) is 0 Å². The topological polar surface area (TPSA) is 20.2 Å². The molecule has 0 saturated heterocycles. The highest BCUT2D eigenvalue weighted by molar-refractivity contribution is 5.25. The lowest BCUT2D eigenvalue weighted by Crippen LogP contribution is -2.24. The molecule has 1 heteroatoms. The highest BCUT2D eigenvalue weighted by Gasteiger charge is 2.24. The largest absolute Gasteiger partial charge is 0.382 e. The molecule has 0 fully saturated rings. The van der Waals surface area contributed by atoms with Crippen LogP contribution in [0.2, 0.25) is 0 Å². The quantitative estimate of drug-likeness (QED) is 0.662. The van der Waals surface area contributed by atoms with Crippen LogP contribution in [-0.4, -0.2) is 10.7 Å². The third kappa shape index (κ3) is 3.00. The molecule has 0 aromatic rings. The van der Waals surface area contributed by atoms with Crippen LogP contribution in [0.15, 0.2) is 24.3 Å². The van der Waals surface area contributed by atoms with Crippen LogP contribution in [0, 0.1) is 5.41 Å². The van der Waals surface area contributed by atoms with E-state index in [1.165, 1.54) is 19.3 Å². The lowest BCUT2D eigenvalue weighted by Gasteiger charge is -2.29. The van der Waals surface area contributed by atoms with Crippen molar-refractivity contribution in [3.63, 3.8) is 0 Å². The Morgan fingerprint density at radius 2 is 1.62 bits per heavy atom. The van der Waals surface area contributed by atoms with Crippen LogP contribution in [0.4, 0.5) is 0 Å². The van der Waals surface area contributed by atoms with E-state index in [2.05, 4.69) is 26.0 Å². The maximum absolute atomic E-state index is 9.66. The summed E-state index contributed by atoms with van der Waals surface area (Å²) in [6.45, 7) is 6.22. The van der Waals surface area contributed by atoms with Gasteiger partial charge in [0.1, 0.15) is 0 Å². The molecule has 1 nitrogen and oxygen atoms in total. The fourth-order valence-corrected chi connectivity index (χ4v) is 1.55. The van der Waals surface area contributed by atoms with Crippen LogP contribution in [0.25, 0.3) is 0 Å². The molecular formula is C12H20O. The smallest absolute Gasteiger partial charge is 0.0981 e. The van der Waals surface area contributed by atoms with E-state index in [0.29, 0.717) is 0 Å². The third-order valence-corrected chi connectivity index (χ3v) is 2.67. The van der Waals surface area contributed by atoms with Crippen molar-refractivity contribution in [2.24, 2.45) is 5.41 Å². The van der Waals surface area contributed by atoms with Gasteiger partial charge in [-0.15, -0.1) is 0 Å². The number of hydrogen-bond acceptors (Lipinski definition) is 1. The maximum atomic E-state index is 9.66. The van der Waals surface area contributed by atoms with Gasteiger partial charge < -0.3 is 5.11 Å². The lowest BCUT2D eigenvalue weighted by atomic mass is 9.79. The first kappa shape index (κ1) is 10.5. The average molecular weight is 180 g/mol. The Morgan fingerprint density at radius 1 is 1.08 bits per heavy atom. The third-order valence-electron chi connectivity index (χ3n) is 2.67. The summed E-state index contributed by atoms with van der Waals surface area (Å²) in [4.78, 5) is 0. The van der Waals surface area contributed by atoms with E-state index in [1.807, 2.05) is 12.2 Å². The van der Waals surface area contributed by atoms with Gasteiger partial charge in [0.25, 0.3) is 0 Å². The first-order chi connectivity index (χ1) is 5.97. The molecule has 0 aromatic heterocycles. The minimum atomic E-state index is -0.730. The fourth-order valence-electron chi connectivity index (χ4n) is 1.55. The van der Waals surface area contributed by atoms with Crippen molar-refractivity contribution in [3.05, 3.63) is 24.3 Å².